The van der Waals surface area contributed by atoms with Crippen molar-refractivity contribution >= 4 is 17.5 Å². The predicted molar refractivity (Wildman–Crippen MR) is 91.9 cm³/mol. The highest BCUT2D eigenvalue weighted by atomic mass is 16.3. The van der Waals surface area contributed by atoms with Crippen molar-refractivity contribution in [2.45, 2.75) is 20.4 Å². The number of nitrogens with one attached hydrogen (secondary N) is 2. The molecule has 0 bridgehead atoms. The van der Waals surface area contributed by atoms with Crippen LogP contribution in [-0.4, -0.2) is 15.9 Å². The lowest BCUT2D eigenvalue weighted by Gasteiger charge is -2.09. The number of amides is 1. The first-order valence-electron chi connectivity index (χ1n) is 7.59. The van der Waals surface area contributed by atoms with E-state index in [2.05, 4.69) is 20.6 Å². The molecule has 2 heterocycles. The molecule has 6 heteroatoms. The Morgan fingerprint density at radius 2 is 1.96 bits per heavy atom. The lowest BCUT2D eigenvalue weighted by atomic mass is 10.1. The number of benzene rings is 1. The zero-order valence-corrected chi connectivity index (χ0v) is 13.5. The van der Waals surface area contributed by atoms with Crippen LogP contribution in [0.4, 0.5) is 11.6 Å². The number of furan rings is 1. The standard InChI is InChI=1S/C18H18N4O2/c1-12-5-6-16(13(2)8-12)22-17(23)14-9-19-18(20-10-14)21-11-15-4-3-7-24-15/h3-10H,11H2,1-2H3,(H,22,23)(H,19,20,21). The maximum absolute atomic E-state index is 12.3. The minimum atomic E-state index is -0.237. The van der Waals surface area contributed by atoms with Gasteiger partial charge in [-0.15, -0.1) is 0 Å². The van der Waals surface area contributed by atoms with Gasteiger partial charge in [-0.3, -0.25) is 4.79 Å². The summed E-state index contributed by atoms with van der Waals surface area (Å²) in [6.07, 6.45) is 4.60. The van der Waals surface area contributed by atoms with Crippen molar-refractivity contribution in [3.05, 3.63) is 71.4 Å². The lowest BCUT2D eigenvalue weighted by Crippen LogP contribution is -2.14. The fourth-order valence-corrected chi connectivity index (χ4v) is 2.26. The second kappa shape index (κ2) is 6.95. The number of hydrogen-bond donors (Lipinski definition) is 2. The van der Waals surface area contributed by atoms with Crippen molar-refractivity contribution < 1.29 is 9.21 Å². The minimum Gasteiger partial charge on any atom is -0.467 e. The summed E-state index contributed by atoms with van der Waals surface area (Å²) in [5.41, 5.74) is 3.35. The summed E-state index contributed by atoms with van der Waals surface area (Å²) >= 11 is 0. The van der Waals surface area contributed by atoms with Gasteiger partial charge < -0.3 is 15.1 Å². The number of aromatic nitrogens is 2. The van der Waals surface area contributed by atoms with Gasteiger partial charge in [0, 0.05) is 18.1 Å². The molecule has 1 aromatic carbocycles. The average molecular weight is 322 g/mol. The Balaban J connectivity index is 1.63. The van der Waals surface area contributed by atoms with Crippen LogP contribution in [0.25, 0.3) is 0 Å². The number of rotatable bonds is 5. The van der Waals surface area contributed by atoms with Gasteiger partial charge in [-0.25, -0.2) is 9.97 Å². The first-order valence-corrected chi connectivity index (χ1v) is 7.59. The third-order valence-corrected chi connectivity index (χ3v) is 3.54. The SMILES string of the molecule is Cc1ccc(NC(=O)c2cnc(NCc3ccco3)nc2)c(C)c1. The maximum atomic E-state index is 12.3. The molecule has 2 N–H and O–H groups in total. The Hall–Kier alpha value is -3.15. The van der Waals surface area contributed by atoms with E-state index in [1.165, 1.54) is 12.4 Å². The van der Waals surface area contributed by atoms with Crippen LogP contribution in [0.3, 0.4) is 0 Å². The normalized spacial score (nSPS) is 10.4. The van der Waals surface area contributed by atoms with Gasteiger partial charge in [0.15, 0.2) is 0 Å². The van der Waals surface area contributed by atoms with Crippen LogP contribution in [0, 0.1) is 13.8 Å². The van der Waals surface area contributed by atoms with Crippen LogP contribution in [0.15, 0.2) is 53.4 Å². The van der Waals surface area contributed by atoms with Gasteiger partial charge in [-0.1, -0.05) is 17.7 Å². The number of carbonyl (C=O) groups excluding carboxylic acids is 1. The van der Waals surface area contributed by atoms with Crippen LogP contribution >= 0.6 is 0 Å². The number of nitrogens with zero attached hydrogens (tertiary/aromatic N) is 2. The smallest absolute Gasteiger partial charge is 0.258 e. The Kier molecular flexibility index (Phi) is 4.56. The second-order valence-corrected chi connectivity index (χ2v) is 5.50. The van der Waals surface area contributed by atoms with E-state index in [0.717, 1.165) is 22.6 Å². The molecule has 1 amide bonds. The van der Waals surface area contributed by atoms with Crippen molar-refractivity contribution in [2.75, 3.05) is 10.6 Å². The fourth-order valence-electron chi connectivity index (χ4n) is 2.26. The molecule has 0 fully saturated rings. The fraction of sp³-hybridized carbons (Fsp3) is 0.167. The molecule has 3 rings (SSSR count). The van der Waals surface area contributed by atoms with E-state index in [0.29, 0.717) is 18.1 Å². The van der Waals surface area contributed by atoms with Gasteiger partial charge in [0.2, 0.25) is 5.95 Å². The third-order valence-electron chi connectivity index (χ3n) is 3.54. The van der Waals surface area contributed by atoms with Crippen LogP contribution in [-0.2, 0) is 6.54 Å². The molecule has 0 aliphatic rings. The Morgan fingerprint density at radius 1 is 1.17 bits per heavy atom. The molecular formula is C18H18N4O2. The van der Waals surface area contributed by atoms with Gasteiger partial charge in [-0.05, 0) is 37.6 Å². The molecule has 122 valence electrons. The van der Waals surface area contributed by atoms with Crippen LogP contribution in [0.5, 0.6) is 0 Å². The minimum absolute atomic E-state index is 0.237. The van der Waals surface area contributed by atoms with E-state index in [4.69, 9.17) is 4.42 Å². The van der Waals surface area contributed by atoms with Crippen LogP contribution < -0.4 is 10.6 Å². The summed E-state index contributed by atoms with van der Waals surface area (Å²) in [5.74, 6) is 0.990. The van der Waals surface area contributed by atoms with Crippen LogP contribution in [0.1, 0.15) is 27.2 Å². The van der Waals surface area contributed by atoms with E-state index >= 15 is 0 Å². The molecular weight excluding hydrogens is 304 g/mol. The highest BCUT2D eigenvalue weighted by Crippen LogP contribution is 2.17. The number of anilines is 2. The summed E-state index contributed by atoms with van der Waals surface area (Å²) < 4.78 is 5.22. The van der Waals surface area contributed by atoms with Gasteiger partial charge in [-0.2, -0.15) is 0 Å². The largest absolute Gasteiger partial charge is 0.467 e. The predicted octanol–water partition coefficient (Wildman–Crippen LogP) is 3.55. The van der Waals surface area contributed by atoms with Gasteiger partial charge in [0.05, 0.1) is 18.4 Å². The van der Waals surface area contributed by atoms with Gasteiger partial charge in [0.1, 0.15) is 5.76 Å². The molecule has 2 aromatic heterocycles. The zero-order chi connectivity index (χ0) is 16.9. The van der Waals surface area contributed by atoms with Crippen LogP contribution in [0.2, 0.25) is 0 Å². The third kappa shape index (κ3) is 3.78. The first kappa shape index (κ1) is 15.7. The molecule has 0 saturated carbocycles. The summed E-state index contributed by atoms with van der Waals surface area (Å²) in [7, 11) is 0. The van der Waals surface area contributed by atoms with E-state index < -0.39 is 0 Å². The molecule has 6 nitrogen and oxygen atoms in total. The first-order chi connectivity index (χ1) is 11.6. The van der Waals surface area contributed by atoms with Crippen molar-refractivity contribution in [1.82, 2.24) is 9.97 Å². The van der Waals surface area contributed by atoms with Crippen molar-refractivity contribution in [3.8, 4) is 0 Å². The molecule has 0 spiro atoms. The zero-order valence-electron chi connectivity index (χ0n) is 13.5. The Morgan fingerprint density at radius 3 is 2.62 bits per heavy atom. The monoisotopic (exact) mass is 322 g/mol. The van der Waals surface area contributed by atoms with E-state index in [-0.39, 0.29) is 5.91 Å². The van der Waals surface area contributed by atoms with Crippen molar-refractivity contribution in [1.29, 1.82) is 0 Å². The van der Waals surface area contributed by atoms with Gasteiger partial charge >= 0.3 is 0 Å². The van der Waals surface area contributed by atoms with E-state index in [1.807, 2.05) is 44.2 Å². The Labute approximate surface area is 140 Å². The number of hydrogen-bond acceptors (Lipinski definition) is 5. The molecule has 0 unspecified atom stereocenters. The second-order valence-electron chi connectivity index (χ2n) is 5.50. The summed E-state index contributed by atoms with van der Waals surface area (Å²) in [4.78, 5) is 20.6. The van der Waals surface area contributed by atoms with Crippen molar-refractivity contribution in [3.63, 3.8) is 0 Å². The molecule has 0 radical (unpaired) electrons. The molecule has 3 aromatic rings. The topological polar surface area (TPSA) is 80.0 Å². The molecule has 0 saturated heterocycles. The number of aryl methyl sites for hydroxylation is 2. The molecule has 24 heavy (non-hydrogen) atoms. The van der Waals surface area contributed by atoms with Crippen molar-refractivity contribution in [2.24, 2.45) is 0 Å². The average Bonchev–Trinajstić information content (AvgIpc) is 3.09. The summed E-state index contributed by atoms with van der Waals surface area (Å²) in [6.45, 7) is 4.46. The highest BCUT2D eigenvalue weighted by molar-refractivity contribution is 6.04. The molecule has 0 aliphatic carbocycles. The Bertz CT molecular complexity index is 827. The van der Waals surface area contributed by atoms with E-state index in [1.54, 1.807) is 6.26 Å². The maximum Gasteiger partial charge on any atom is 0.258 e. The highest BCUT2D eigenvalue weighted by Gasteiger charge is 2.09. The lowest BCUT2D eigenvalue weighted by molar-refractivity contribution is 0.102. The summed E-state index contributed by atoms with van der Waals surface area (Å²) in [5, 5.41) is 5.90. The van der Waals surface area contributed by atoms with E-state index in [9.17, 15) is 4.79 Å². The molecule has 0 aliphatic heterocycles. The number of carbonyl (C=O) groups is 1. The molecule has 0 atom stereocenters. The van der Waals surface area contributed by atoms with Gasteiger partial charge in [0.25, 0.3) is 5.91 Å². The summed E-state index contributed by atoms with van der Waals surface area (Å²) in [6, 6.07) is 9.55. The quantitative estimate of drug-likeness (QED) is 0.751.